The Bertz CT molecular complexity index is 393. The maximum atomic E-state index is 6.17. The van der Waals surface area contributed by atoms with Gasteiger partial charge in [0.05, 0.1) is 17.8 Å². The molecule has 20 heavy (non-hydrogen) atoms. The smallest absolute Gasteiger partial charge is 0.0890 e. The van der Waals surface area contributed by atoms with Crippen LogP contribution >= 0.6 is 0 Å². The first-order valence-electron chi connectivity index (χ1n) is 7.88. The van der Waals surface area contributed by atoms with Crippen molar-refractivity contribution in [1.82, 2.24) is 15.2 Å². The molecule has 0 radical (unpaired) electrons. The zero-order valence-electron chi connectivity index (χ0n) is 12.8. The molecule has 114 valence electrons. The maximum absolute atomic E-state index is 6.17. The molecule has 5 heteroatoms. The third-order valence-corrected chi connectivity index (χ3v) is 4.26. The Morgan fingerprint density at radius 1 is 1.40 bits per heavy atom. The summed E-state index contributed by atoms with van der Waals surface area (Å²) in [5.41, 5.74) is 3.95. The van der Waals surface area contributed by atoms with Crippen LogP contribution in [-0.2, 0) is 11.3 Å². The van der Waals surface area contributed by atoms with E-state index in [9.17, 15) is 0 Å². The van der Waals surface area contributed by atoms with Gasteiger partial charge in [-0.3, -0.25) is 10.5 Å². The van der Waals surface area contributed by atoms with E-state index < -0.39 is 0 Å². The Labute approximate surface area is 121 Å². The summed E-state index contributed by atoms with van der Waals surface area (Å²) in [5, 5.41) is 4.43. The molecule has 1 saturated carbocycles. The predicted molar refractivity (Wildman–Crippen MR) is 80.0 cm³/mol. The number of nitrogens with two attached hydrogens (primary N) is 1. The molecule has 0 aliphatic heterocycles. The number of nitrogens with one attached hydrogen (secondary N) is 1. The summed E-state index contributed by atoms with van der Waals surface area (Å²) in [7, 11) is 0. The molecule has 1 unspecified atom stereocenters. The second kappa shape index (κ2) is 7.20. The van der Waals surface area contributed by atoms with Crippen LogP contribution in [0.2, 0.25) is 0 Å². The normalized spacial score (nSPS) is 19.9. The summed E-state index contributed by atoms with van der Waals surface area (Å²) in [5.74, 6) is 5.87. The zero-order chi connectivity index (χ0) is 14.4. The van der Waals surface area contributed by atoms with Crippen molar-refractivity contribution < 1.29 is 4.74 Å². The van der Waals surface area contributed by atoms with Crippen molar-refractivity contribution in [1.29, 1.82) is 0 Å². The fraction of sp³-hybridized carbons (Fsp3) is 0.800. The molecule has 0 aromatic carbocycles. The van der Waals surface area contributed by atoms with Crippen LogP contribution in [0.1, 0.15) is 64.0 Å². The quantitative estimate of drug-likeness (QED) is 0.595. The molecule has 1 fully saturated rings. The Kier molecular flexibility index (Phi) is 5.57. The summed E-state index contributed by atoms with van der Waals surface area (Å²) in [6, 6.07) is 0.0216. The lowest BCUT2D eigenvalue weighted by Crippen LogP contribution is -2.49. The second-order valence-electron chi connectivity index (χ2n) is 5.69. The molecule has 0 bridgehead atoms. The molecule has 1 aliphatic rings. The third kappa shape index (κ3) is 3.22. The van der Waals surface area contributed by atoms with Gasteiger partial charge in [0.2, 0.25) is 0 Å². The summed E-state index contributed by atoms with van der Waals surface area (Å²) in [6.45, 7) is 5.88. The first-order valence-corrected chi connectivity index (χ1v) is 7.88. The number of hydrogen-bond acceptors (Lipinski definition) is 4. The molecule has 0 saturated heterocycles. The first kappa shape index (κ1) is 15.5. The summed E-state index contributed by atoms with van der Waals surface area (Å²) < 4.78 is 8.16. The van der Waals surface area contributed by atoms with Crippen molar-refractivity contribution in [3.8, 4) is 0 Å². The van der Waals surface area contributed by atoms with Gasteiger partial charge in [-0.2, -0.15) is 5.10 Å². The molecule has 0 spiro atoms. The molecular formula is C15H28N4O. The molecule has 3 N–H and O–H groups in total. The average Bonchev–Trinajstić information content (AvgIpc) is 2.90. The molecule has 5 nitrogen and oxygen atoms in total. The van der Waals surface area contributed by atoms with Crippen LogP contribution in [0.3, 0.4) is 0 Å². The predicted octanol–water partition coefficient (Wildman–Crippen LogP) is 2.54. The monoisotopic (exact) mass is 280 g/mol. The summed E-state index contributed by atoms with van der Waals surface area (Å²) >= 11 is 0. The van der Waals surface area contributed by atoms with Crippen LogP contribution in [0.4, 0.5) is 0 Å². The highest BCUT2D eigenvalue weighted by atomic mass is 16.5. The first-order chi connectivity index (χ1) is 9.75. The fourth-order valence-corrected chi connectivity index (χ4v) is 3.39. The van der Waals surface area contributed by atoms with Crippen molar-refractivity contribution in [3.63, 3.8) is 0 Å². The topological polar surface area (TPSA) is 65.1 Å². The molecule has 2 rings (SSSR count). The average molecular weight is 280 g/mol. The van der Waals surface area contributed by atoms with Crippen molar-refractivity contribution in [2.75, 3.05) is 6.61 Å². The van der Waals surface area contributed by atoms with Gasteiger partial charge in [-0.25, -0.2) is 5.43 Å². The summed E-state index contributed by atoms with van der Waals surface area (Å²) in [4.78, 5) is 0. The minimum absolute atomic E-state index is 0.0216. The van der Waals surface area contributed by atoms with E-state index in [2.05, 4.69) is 30.6 Å². The Morgan fingerprint density at radius 2 is 2.15 bits per heavy atom. The van der Waals surface area contributed by atoms with Crippen LogP contribution in [0.15, 0.2) is 12.4 Å². The number of hydrogen-bond donors (Lipinski definition) is 2. The van der Waals surface area contributed by atoms with E-state index >= 15 is 0 Å². The Morgan fingerprint density at radius 3 is 2.75 bits per heavy atom. The van der Waals surface area contributed by atoms with E-state index in [0.29, 0.717) is 0 Å². The van der Waals surface area contributed by atoms with Gasteiger partial charge in [0.25, 0.3) is 0 Å². The van der Waals surface area contributed by atoms with Gasteiger partial charge >= 0.3 is 0 Å². The van der Waals surface area contributed by atoms with Crippen LogP contribution in [0.5, 0.6) is 0 Å². The molecule has 0 amide bonds. The van der Waals surface area contributed by atoms with Crippen LogP contribution < -0.4 is 11.3 Å². The Balaban J connectivity index is 2.22. The zero-order valence-corrected chi connectivity index (χ0v) is 12.8. The van der Waals surface area contributed by atoms with Crippen LogP contribution in [-0.4, -0.2) is 22.0 Å². The Hall–Kier alpha value is -0.910. The fourth-order valence-electron chi connectivity index (χ4n) is 3.39. The molecular weight excluding hydrogens is 252 g/mol. The maximum Gasteiger partial charge on any atom is 0.0890 e. The van der Waals surface area contributed by atoms with E-state index in [4.69, 9.17) is 10.6 Å². The van der Waals surface area contributed by atoms with Crippen LogP contribution in [0, 0.1) is 0 Å². The molecule has 1 aromatic heterocycles. The van der Waals surface area contributed by atoms with Gasteiger partial charge in [-0.05, 0) is 26.2 Å². The highest BCUT2D eigenvalue weighted by Gasteiger charge is 2.41. The lowest BCUT2D eigenvalue weighted by atomic mass is 9.77. The number of aryl methyl sites for hydroxylation is 1. The molecule has 1 aromatic rings. The summed E-state index contributed by atoms with van der Waals surface area (Å²) in [6.07, 6.45) is 10.9. The molecule has 1 heterocycles. The van der Waals surface area contributed by atoms with E-state index in [1.165, 1.54) is 19.3 Å². The van der Waals surface area contributed by atoms with Crippen molar-refractivity contribution >= 4 is 0 Å². The van der Waals surface area contributed by atoms with Gasteiger partial charge in [0.1, 0.15) is 0 Å². The minimum atomic E-state index is -0.179. The van der Waals surface area contributed by atoms with E-state index in [0.717, 1.165) is 38.0 Å². The van der Waals surface area contributed by atoms with Crippen molar-refractivity contribution in [2.24, 2.45) is 5.84 Å². The van der Waals surface area contributed by atoms with Crippen molar-refractivity contribution in [2.45, 2.75) is 70.6 Å². The van der Waals surface area contributed by atoms with Gasteiger partial charge in [0, 0.05) is 24.9 Å². The highest BCUT2D eigenvalue weighted by Crippen LogP contribution is 2.41. The van der Waals surface area contributed by atoms with Crippen LogP contribution in [0.25, 0.3) is 0 Å². The number of aromatic nitrogens is 2. The molecule has 1 atom stereocenters. The van der Waals surface area contributed by atoms with E-state index in [1.54, 1.807) is 0 Å². The largest absolute Gasteiger partial charge is 0.373 e. The second-order valence-corrected chi connectivity index (χ2v) is 5.69. The molecule has 1 aliphatic carbocycles. The minimum Gasteiger partial charge on any atom is -0.373 e. The lowest BCUT2D eigenvalue weighted by Gasteiger charge is -2.42. The van der Waals surface area contributed by atoms with Gasteiger partial charge in [-0.1, -0.05) is 26.2 Å². The van der Waals surface area contributed by atoms with E-state index in [1.807, 2.05) is 10.9 Å². The van der Waals surface area contributed by atoms with Gasteiger partial charge in [0.15, 0.2) is 0 Å². The third-order valence-electron chi connectivity index (χ3n) is 4.26. The number of ether oxygens (including phenoxy) is 1. The lowest BCUT2D eigenvalue weighted by molar-refractivity contribution is -0.0913. The van der Waals surface area contributed by atoms with Crippen molar-refractivity contribution in [3.05, 3.63) is 18.0 Å². The number of hydrazine groups is 1. The van der Waals surface area contributed by atoms with E-state index in [-0.39, 0.29) is 11.6 Å². The number of rotatable bonds is 7. The highest BCUT2D eigenvalue weighted by molar-refractivity contribution is 5.16. The standard InChI is InChI=1S/C15H28N4O/c1-3-10-19-12-13(11-17-19)14(18-16)15(20-4-2)8-6-5-7-9-15/h11-12,14,18H,3-10,16H2,1-2H3. The van der Waals surface area contributed by atoms with Gasteiger partial charge < -0.3 is 4.74 Å². The number of nitrogens with zero attached hydrogens (tertiary/aromatic N) is 2. The SMILES string of the molecule is CCCn1cc(C(NN)C2(OCC)CCCCC2)cn1. The van der Waals surface area contributed by atoms with Gasteiger partial charge in [-0.15, -0.1) is 0 Å².